The number of Topliss-reactive ketones (excluding diaryl/α,β-unsaturated/α-hetero) is 1. The standard InChI is InChI=1S/C20H16OS/c21-20-18-14-7-6-13(10-14)17(18)16(12-4-2-1-3-5-12)19(20)15-8-9-22-11-15/h1-9,11,13-14,17-18H,10H2/t13-,14+,17-,18-/m1/s1. The molecule has 1 aromatic carbocycles. The van der Waals surface area contributed by atoms with Crippen molar-refractivity contribution in [3.63, 3.8) is 0 Å². The van der Waals surface area contributed by atoms with Crippen LogP contribution in [0.5, 0.6) is 0 Å². The Kier molecular flexibility index (Phi) is 2.59. The maximum absolute atomic E-state index is 13.2. The molecule has 5 rings (SSSR count). The van der Waals surface area contributed by atoms with Crippen LogP contribution in [0.3, 0.4) is 0 Å². The van der Waals surface area contributed by atoms with Gasteiger partial charge >= 0.3 is 0 Å². The normalized spacial score (nSPS) is 32.1. The lowest BCUT2D eigenvalue weighted by Crippen LogP contribution is -2.21. The van der Waals surface area contributed by atoms with Crippen LogP contribution in [0.2, 0.25) is 0 Å². The first kappa shape index (κ1) is 12.6. The van der Waals surface area contributed by atoms with Crippen LogP contribution in [-0.4, -0.2) is 5.78 Å². The molecule has 1 fully saturated rings. The van der Waals surface area contributed by atoms with Crippen LogP contribution in [-0.2, 0) is 4.79 Å². The molecule has 0 spiro atoms. The minimum absolute atomic E-state index is 0.181. The molecule has 22 heavy (non-hydrogen) atoms. The molecular weight excluding hydrogens is 288 g/mol. The molecule has 1 heterocycles. The van der Waals surface area contributed by atoms with Crippen molar-refractivity contribution in [1.29, 1.82) is 0 Å². The van der Waals surface area contributed by atoms with Crippen molar-refractivity contribution in [2.45, 2.75) is 6.42 Å². The molecule has 2 heteroatoms. The quantitative estimate of drug-likeness (QED) is 0.736. The van der Waals surface area contributed by atoms with Gasteiger partial charge in [-0.2, -0.15) is 11.3 Å². The van der Waals surface area contributed by atoms with E-state index in [2.05, 4.69) is 53.2 Å². The first-order valence-corrected chi connectivity index (χ1v) is 8.83. The van der Waals surface area contributed by atoms with E-state index in [1.165, 1.54) is 11.1 Å². The lowest BCUT2D eigenvalue weighted by Gasteiger charge is -2.22. The molecular formula is C20H16OS. The van der Waals surface area contributed by atoms with Crippen molar-refractivity contribution in [2.24, 2.45) is 23.7 Å². The van der Waals surface area contributed by atoms with E-state index in [9.17, 15) is 4.79 Å². The monoisotopic (exact) mass is 304 g/mol. The third-order valence-corrected chi connectivity index (χ3v) is 6.19. The molecule has 0 amide bonds. The number of hydrogen-bond acceptors (Lipinski definition) is 2. The molecule has 0 unspecified atom stereocenters. The Labute approximate surface area is 134 Å². The highest BCUT2D eigenvalue weighted by molar-refractivity contribution is 7.08. The van der Waals surface area contributed by atoms with Crippen LogP contribution in [0.4, 0.5) is 0 Å². The van der Waals surface area contributed by atoms with Gasteiger partial charge in [-0.05, 0) is 51.8 Å². The summed E-state index contributed by atoms with van der Waals surface area (Å²) in [6.45, 7) is 0. The van der Waals surface area contributed by atoms with Crippen molar-refractivity contribution in [2.75, 3.05) is 0 Å². The van der Waals surface area contributed by atoms with E-state index < -0.39 is 0 Å². The lowest BCUT2D eigenvalue weighted by atomic mass is 9.80. The first-order valence-electron chi connectivity index (χ1n) is 7.89. The van der Waals surface area contributed by atoms with Gasteiger partial charge in [0.05, 0.1) is 0 Å². The average Bonchev–Trinajstić information content (AvgIpc) is 3.30. The highest BCUT2D eigenvalue weighted by atomic mass is 32.1. The second kappa shape index (κ2) is 4.53. The highest BCUT2D eigenvalue weighted by Crippen LogP contribution is 2.60. The summed E-state index contributed by atoms with van der Waals surface area (Å²) in [5.41, 5.74) is 4.62. The molecule has 0 N–H and O–H groups in total. The van der Waals surface area contributed by atoms with Crippen LogP contribution >= 0.6 is 11.3 Å². The first-order chi connectivity index (χ1) is 10.8. The van der Waals surface area contributed by atoms with Gasteiger partial charge in [-0.3, -0.25) is 4.79 Å². The summed E-state index contributed by atoms with van der Waals surface area (Å²) >= 11 is 1.67. The summed E-state index contributed by atoms with van der Waals surface area (Å²) in [6, 6.07) is 12.6. The van der Waals surface area contributed by atoms with Crippen LogP contribution in [0.1, 0.15) is 17.5 Å². The van der Waals surface area contributed by atoms with E-state index in [-0.39, 0.29) is 5.92 Å². The molecule has 1 aromatic heterocycles. The number of hydrogen-bond donors (Lipinski definition) is 0. The smallest absolute Gasteiger partial charge is 0.168 e. The number of benzene rings is 1. The van der Waals surface area contributed by atoms with Crippen LogP contribution < -0.4 is 0 Å². The molecule has 0 radical (unpaired) electrons. The Hall–Kier alpha value is -1.93. The summed E-state index contributed by atoms with van der Waals surface area (Å²) in [7, 11) is 0. The van der Waals surface area contributed by atoms with Gasteiger partial charge < -0.3 is 0 Å². The Morgan fingerprint density at radius 1 is 0.909 bits per heavy atom. The largest absolute Gasteiger partial charge is 0.294 e. The molecule has 2 bridgehead atoms. The van der Waals surface area contributed by atoms with Gasteiger partial charge in [0.25, 0.3) is 0 Å². The van der Waals surface area contributed by atoms with E-state index in [4.69, 9.17) is 0 Å². The highest BCUT2D eigenvalue weighted by Gasteiger charge is 2.55. The summed E-state index contributed by atoms with van der Waals surface area (Å²) in [5.74, 6) is 1.95. The van der Waals surface area contributed by atoms with E-state index in [1.54, 1.807) is 11.3 Å². The maximum atomic E-state index is 13.2. The fourth-order valence-corrected chi connectivity index (χ4v) is 5.35. The number of ketones is 1. The van der Waals surface area contributed by atoms with Gasteiger partial charge in [-0.15, -0.1) is 0 Å². The van der Waals surface area contributed by atoms with E-state index in [0.29, 0.717) is 23.5 Å². The molecule has 1 nitrogen and oxygen atoms in total. The van der Waals surface area contributed by atoms with Crippen LogP contribution in [0, 0.1) is 23.7 Å². The summed E-state index contributed by atoms with van der Waals surface area (Å²) in [5, 5.41) is 4.19. The summed E-state index contributed by atoms with van der Waals surface area (Å²) < 4.78 is 0. The van der Waals surface area contributed by atoms with Gasteiger partial charge in [0, 0.05) is 17.4 Å². The average molecular weight is 304 g/mol. The molecule has 1 saturated carbocycles. The topological polar surface area (TPSA) is 17.1 Å². The van der Waals surface area contributed by atoms with Gasteiger partial charge in [-0.1, -0.05) is 42.5 Å². The zero-order valence-corrected chi connectivity index (χ0v) is 12.9. The van der Waals surface area contributed by atoms with Crippen molar-refractivity contribution >= 4 is 28.3 Å². The van der Waals surface area contributed by atoms with Gasteiger partial charge in [0.15, 0.2) is 5.78 Å². The number of thiophene rings is 1. The number of rotatable bonds is 2. The number of fused-ring (bicyclic) bond motifs is 5. The fraction of sp³-hybridized carbons (Fsp3) is 0.250. The van der Waals surface area contributed by atoms with Crippen molar-refractivity contribution < 1.29 is 4.79 Å². The second-order valence-corrected chi connectivity index (χ2v) is 7.31. The zero-order chi connectivity index (χ0) is 14.7. The number of carbonyl (C=O) groups excluding carboxylic acids is 1. The zero-order valence-electron chi connectivity index (χ0n) is 12.1. The van der Waals surface area contributed by atoms with E-state index >= 15 is 0 Å². The second-order valence-electron chi connectivity index (χ2n) is 6.53. The predicted molar refractivity (Wildman–Crippen MR) is 90.3 cm³/mol. The third kappa shape index (κ3) is 1.56. The molecule has 4 atom stereocenters. The minimum Gasteiger partial charge on any atom is -0.294 e. The van der Waals surface area contributed by atoms with Crippen LogP contribution in [0.25, 0.3) is 11.1 Å². The molecule has 0 saturated heterocycles. The third-order valence-electron chi connectivity index (χ3n) is 5.51. The molecule has 3 aliphatic rings. The Morgan fingerprint density at radius 2 is 1.68 bits per heavy atom. The SMILES string of the molecule is O=C1C(c2ccsc2)=C(c2ccccc2)[C@@H]2[C@H]1[C@H]1C=C[C@@H]2C1. The molecule has 2 aromatic rings. The molecule has 0 aliphatic heterocycles. The van der Waals surface area contributed by atoms with Gasteiger partial charge in [-0.25, -0.2) is 0 Å². The molecule has 3 aliphatic carbocycles. The van der Waals surface area contributed by atoms with E-state index in [0.717, 1.165) is 17.6 Å². The summed E-state index contributed by atoms with van der Waals surface area (Å²) in [4.78, 5) is 13.2. The Morgan fingerprint density at radius 3 is 2.41 bits per heavy atom. The Balaban J connectivity index is 1.76. The number of allylic oxidation sites excluding steroid dienone is 4. The maximum Gasteiger partial charge on any atom is 0.168 e. The number of carbonyl (C=O) groups is 1. The fourth-order valence-electron chi connectivity index (χ4n) is 4.70. The van der Waals surface area contributed by atoms with Gasteiger partial charge in [0.2, 0.25) is 0 Å². The van der Waals surface area contributed by atoms with Crippen molar-refractivity contribution in [3.05, 3.63) is 70.4 Å². The van der Waals surface area contributed by atoms with Crippen LogP contribution in [0.15, 0.2) is 59.3 Å². The Bertz CT molecular complexity index is 797. The van der Waals surface area contributed by atoms with E-state index in [1.807, 2.05) is 6.07 Å². The summed E-state index contributed by atoms with van der Waals surface area (Å²) in [6.07, 6.45) is 5.79. The van der Waals surface area contributed by atoms with Crippen molar-refractivity contribution in [3.8, 4) is 0 Å². The predicted octanol–water partition coefficient (Wildman–Crippen LogP) is 4.68. The molecule has 108 valence electrons. The van der Waals surface area contributed by atoms with Gasteiger partial charge in [0.1, 0.15) is 0 Å². The minimum atomic E-state index is 0.181. The van der Waals surface area contributed by atoms with Crippen molar-refractivity contribution in [1.82, 2.24) is 0 Å². The lowest BCUT2D eigenvalue weighted by molar-refractivity contribution is -0.117.